The van der Waals surface area contributed by atoms with Crippen LogP contribution in [-0.2, 0) is 13.5 Å². The molecule has 1 aromatic carbocycles. The molecule has 0 aliphatic heterocycles. The lowest BCUT2D eigenvalue weighted by Gasteiger charge is -2.27. The predicted octanol–water partition coefficient (Wildman–Crippen LogP) is 3.16. The van der Waals surface area contributed by atoms with E-state index >= 15 is 0 Å². The Morgan fingerprint density at radius 1 is 1.43 bits per heavy atom. The quantitative estimate of drug-likeness (QED) is 0.938. The second-order valence-corrected chi connectivity index (χ2v) is 5.78. The van der Waals surface area contributed by atoms with Crippen LogP contribution < -0.4 is 10.1 Å². The number of hydrogen-bond acceptors (Lipinski definition) is 3. The second kappa shape index (κ2) is 5.90. The van der Waals surface area contributed by atoms with Gasteiger partial charge in [-0.3, -0.25) is 4.68 Å². The number of methoxy groups -OCH3 is 1. The average molecular weight is 285 g/mol. The number of benzene rings is 1. The van der Waals surface area contributed by atoms with Crippen LogP contribution in [0.4, 0.5) is 0 Å². The lowest BCUT2D eigenvalue weighted by molar-refractivity contribution is 0.402. The number of aromatic nitrogens is 2. The second-order valence-electron chi connectivity index (χ2n) is 5.78. The fourth-order valence-electron chi connectivity index (χ4n) is 3.19. The summed E-state index contributed by atoms with van der Waals surface area (Å²) < 4.78 is 7.33. The number of aryl methyl sites for hydroxylation is 1. The Morgan fingerprint density at radius 3 is 3.10 bits per heavy atom. The van der Waals surface area contributed by atoms with Gasteiger partial charge >= 0.3 is 0 Å². The molecule has 1 unspecified atom stereocenters. The summed E-state index contributed by atoms with van der Waals surface area (Å²) in [5, 5.41) is 8.16. The molecule has 0 spiro atoms. The van der Waals surface area contributed by atoms with Gasteiger partial charge in [0.25, 0.3) is 0 Å². The van der Waals surface area contributed by atoms with Crippen LogP contribution in [0.15, 0.2) is 30.5 Å². The molecule has 2 aromatic rings. The van der Waals surface area contributed by atoms with E-state index in [0.717, 1.165) is 12.2 Å². The topological polar surface area (TPSA) is 39.1 Å². The Bertz CT molecular complexity index is 620. The first kappa shape index (κ1) is 14.1. The van der Waals surface area contributed by atoms with Crippen LogP contribution in [-0.4, -0.2) is 16.9 Å². The van der Waals surface area contributed by atoms with Gasteiger partial charge in [0.1, 0.15) is 5.75 Å². The molecule has 0 bridgehead atoms. The first-order chi connectivity index (χ1) is 10.2. The predicted molar refractivity (Wildman–Crippen MR) is 83.4 cm³/mol. The van der Waals surface area contributed by atoms with Crippen molar-refractivity contribution in [3.63, 3.8) is 0 Å². The molecule has 0 fully saturated rings. The summed E-state index contributed by atoms with van der Waals surface area (Å²) in [6.45, 7) is 2.21. The zero-order valence-corrected chi connectivity index (χ0v) is 13.0. The largest absolute Gasteiger partial charge is 0.497 e. The van der Waals surface area contributed by atoms with Crippen LogP contribution in [0, 0.1) is 0 Å². The van der Waals surface area contributed by atoms with Crippen molar-refractivity contribution in [2.45, 2.75) is 38.3 Å². The van der Waals surface area contributed by atoms with Crippen molar-refractivity contribution >= 4 is 0 Å². The van der Waals surface area contributed by atoms with Crippen LogP contribution in [0.5, 0.6) is 5.75 Å². The average Bonchev–Trinajstić information content (AvgIpc) is 2.90. The van der Waals surface area contributed by atoms with Gasteiger partial charge in [-0.1, -0.05) is 12.1 Å². The molecule has 0 saturated heterocycles. The number of rotatable bonds is 4. The fraction of sp³-hybridized carbons (Fsp3) is 0.471. The van der Waals surface area contributed by atoms with Gasteiger partial charge in [0, 0.05) is 30.4 Å². The van der Waals surface area contributed by atoms with E-state index in [2.05, 4.69) is 29.5 Å². The number of hydrogen-bond donors (Lipinski definition) is 1. The minimum absolute atomic E-state index is 0.288. The van der Waals surface area contributed by atoms with E-state index in [0.29, 0.717) is 6.04 Å². The van der Waals surface area contributed by atoms with E-state index in [1.165, 1.54) is 29.7 Å². The Hall–Kier alpha value is -1.81. The van der Waals surface area contributed by atoms with Crippen molar-refractivity contribution in [3.8, 4) is 5.75 Å². The van der Waals surface area contributed by atoms with Crippen LogP contribution in [0.25, 0.3) is 0 Å². The van der Waals surface area contributed by atoms with Crippen molar-refractivity contribution in [3.05, 3.63) is 47.3 Å². The highest BCUT2D eigenvalue weighted by atomic mass is 16.5. The van der Waals surface area contributed by atoms with Gasteiger partial charge < -0.3 is 10.1 Å². The summed E-state index contributed by atoms with van der Waals surface area (Å²) in [7, 11) is 3.74. The molecular formula is C17H23N3O. The molecular weight excluding hydrogens is 262 g/mol. The molecule has 4 heteroatoms. The maximum Gasteiger partial charge on any atom is 0.119 e. The number of nitrogens with zero attached hydrogens (tertiary/aromatic N) is 2. The van der Waals surface area contributed by atoms with Gasteiger partial charge in [0.05, 0.1) is 13.3 Å². The first-order valence-electron chi connectivity index (χ1n) is 7.60. The minimum Gasteiger partial charge on any atom is -0.497 e. The summed E-state index contributed by atoms with van der Waals surface area (Å²) in [6.07, 6.45) is 5.55. The van der Waals surface area contributed by atoms with Crippen molar-refractivity contribution in [1.82, 2.24) is 15.1 Å². The van der Waals surface area contributed by atoms with E-state index < -0.39 is 0 Å². The maximum atomic E-state index is 5.31. The zero-order chi connectivity index (χ0) is 14.8. The van der Waals surface area contributed by atoms with Crippen molar-refractivity contribution in [2.24, 2.45) is 7.05 Å². The standard InChI is InChI=1S/C17H23N3O/c1-12(13-6-4-7-14(10-13)21-3)19-16-8-5-9-17-15(16)11-18-20(17)2/h4,6-7,10-12,16,19H,5,8-9H2,1-3H3/t12-,16?/m1/s1. The highest BCUT2D eigenvalue weighted by molar-refractivity contribution is 5.31. The highest BCUT2D eigenvalue weighted by Gasteiger charge is 2.24. The lowest BCUT2D eigenvalue weighted by Crippen LogP contribution is -2.27. The van der Waals surface area contributed by atoms with E-state index in [9.17, 15) is 0 Å². The number of fused-ring (bicyclic) bond motifs is 1. The molecule has 4 nitrogen and oxygen atoms in total. The molecule has 1 aliphatic carbocycles. The summed E-state index contributed by atoms with van der Waals surface area (Å²) in [6, 6.07) is 8.95. The van der Waals surface area contributed by atoms with E-state index in [1.807, 2.05) is 30.1 Å². The summed E-state index contributed by atoms with van der Waals surface area (Å²) in [5.74, 6) is 0.909. The molecule has 21 heavy (non-hydrogen) atoms. The monoisotopic (exact) mass is 285 g/mol. The molecule has 1 aliphatic rings. The molecule has 0 radical (unpaired) electrons. The molecule has 1 aromatic heterocycles. The minimum atomic E-state index is 0.288. The Labute approximate surface area is 126 Å². The van der Waals surface area contributed by atoms with Crippen molar-refractivity contribution < 1.29 is 4.74 Å². The summed E-state index contributed by atoms with van der Waals surface area (Å²) >= 11 is 0. The SMILES string of the molecule is COc1cccc([C@@H](C)NC2CCCc3c2cnn3C)c1. The van der Waals surface area contributed by atoms with Crippen molar-refractivity contribution in [2.75, 3.05) is 7.11 Å². The smallest absolute Gasteiger partial charge is 0.119 e. The Balaban J connectivity index is 1.77. The third-order valence-electron chi connectivity index (χ3n) is 4.42. The van der Waals surface area contributed by atoms with E-state index in [4.69, 9.17) is 4.74 Å². The highest BCUT2D eigenvalue weighted by Crippen LogP contribution is 2.31. The summed E-state index contributed by atoms with van der Waals surface area (Å²) in [4.78, 5) is 0. The van der Waals surface area contributed by atoms with Gasteiger partial charge in [-0.2, -0.15) is 5.10 Å². The van der Waals surface area contributed by atoms with Crippen LogP contribution in [0.3, 0.4) is 0 Å². The zero-order valence-electron chi connectivity index (χ0n) is 13.0. The van der Waals surface area contributed by atoms with Crippen LogP contribution in [0.2, 0.25) is 0 Å². The lowest BCUT2D eigenvalue weighted by atomic mass is 9.92. The normalized spacial score (nSPS) is 19.1. The molecule has 0 amide bonds. The third-order valence-corrected chi connectivity index (χ3v) is 4.42. The number of nitrogens with one attached hydrogen (secondary N) is 1. The van der Waals surface area contributed by atoms with Gasteiger partial charge in [0.15, 0.2) is 0 Å². The van der Waals surface area contributed by atoms with Gasteiger partial charge in [-0.25, -0.2) is 0 Å². The summed E-state index contributed by atoms with van der Waals surface area (Å²) in [5.41, 5.74) is 3.99. The van der Waals surface area contributed by atoms with E-state index in [-0.39, 0.29) is 6.04 Å². The molecule has 1 heterocycles. The molecule has 2 atom stereocenters. The van der Waals surface area contributed by atoms with Gasteiger partial charge in [-0.05, 0) is 43.9 Å². The molecule has 112 valence electrons. The van der Waals surface area contributed by atoms with E-state index in [1.54, 1.807) is 7.11 Å². The van der Waals surface area contributed by atoms with Crippen molar-refractivity contribution in [1.29, 1.82) is 0 Å². The van der Waals surface area contributed by atoms with Crippen LogP contribution in [0.1, 0.15) is 48.7 Å². The molecule has 3 rings (SSSR count). The third kappa shape index (κ3) is 2.81. The Kier molecular flexibility index (Phi) is 3.97. The molecule has 0 saturated carbocycles. The first-order valence-corrected chi connectivity index (χ1v) is 7.60. The number of ether oxygens (including phenoxy) is 1. The van der Waals surface area contributed by atoms with Gasteiger partial charge in [-0.15, -0.1) is 0 Å². The van der Waals surface area contributed by atoms with Gasteiger partial charge in [0.2, 0.25) is 0 Å². The fourth-order valence-corrected chi connectivity index (χ4v) is 3.19. The maximum absolute atomic E-state index is 5.31. The van der Waals surface area contributed by atoms with Crippen LogP contribution >= 0.6 is 0 Å². The Morgan fingerprint density at radius 2 is 2.29 bits per heavy atom. The molecule has 1 N–H and O–H groups in total.